The molecule has 0 heterocycles. The third-order valence-corrected chi connectivity index (χ3v) is 3.56. The number of nitriles is 1. The highest BCUT2D eigenvalue weighted by Crippen LogP contribution is 2.26. The topological polar surface area (TPSA) is 79.0 Å². The van der Waals surface area contributed by atoms with Crippen LogP contribution < -0.4 is 5.32 Å². The largest absolute Gasteiger partial charge is 0.377 e. The smallest absolute Gasteiger partial charge is 0.292 e. The highest BCUT2D eigenvalue weighted by atomic mass is 32.2. The summed E-state index contributed by atoms with van der Waals surface area (Å²) in [5, 5.41) is 22.9. The Balaban J connectivity index is 2.80. The van der Waals surface area contributed by atoms with Gasteiger partial charge in [0.05, 0.1) is 16.6 Å². The highest BCUT2D eigenvalue weighted by molar-refractivity contribution is 7.99. The van der Waals surface area contributed by atoms with E-state index in [1.54, 1.807) is 0 Å². The molecule has 102 valence electrons. The second kappa shape index (κ2) is 7.64. The fraction of sp³-hybridized carbons (Fsp3) is 0.462. The van der Waals surface area contributed by atoms with Crippen LogP contribution >= 0.6 is 11.8 Å². The van der Waals surface area contributed by atoms with E-state index in [0.29, 0.717) is 11.3 Å². The number of nitro groups is 1. The molecular weight excluding hydrogens is 262 g/mol. The Hall–Kier alpha value is -1.74. The average molecular weight is 279 g/mol. The van der Waals surface area contributed by atoms with Gasteiger partial charge in [-0.2, -0.15) is 17.0 Å². The molecule has 0 aliphatic carbocycles. The lowest BCUT2D eigenvalue weighted by Gasteiger charge is -2.15. The van der Waals surface area contributed by atoms with Crippen molar-refractivity contribution >= 4 is 23.1 Å². The van der Waals surface area contributed by atoms with Crippen LogP contribution in [0.2, 0.25) is 0 Å². The minimum absolute atomic E-state index is 0.00833. The minimum atomic E-state index is -0.434. The lowest BCUT2D eigenvalue weighted by molar-refractivity contribution is -0.384. The van der Waals surface area contributed by atoms with Crippen molar-refractivity contribution in [3.05, 3.63) is 33.9 Å². The third kappa shape index (κ3) is 4.79. The van der Waals surface area contributed by atoms with Gasteiger partial charge in [0.1, 0.15) is 5.69 Å². The van der Waals surface area contributed by atoms with Gasteiger partial charge in [0.15, 0.2) is 0 Å². The predicted octanol–water partition coefficient (Wildman–Crippen LogP) is 3.41. The van der Waals surface area contributed by atoms with Crippen molar-refractivity contribution in [2.75, 3.05) is 16.8 Å². The number of nitrogens with one attached hydrogen (secondary N) is 1. The molecule has 0 spiro atoms. The second-order valence-electron chi connectivity index (χ2n) is 4.13. The zero-order chi connectivity index (χ0) is 14.3. The van der Waals surface area contributed by atoms with Gasteiger partial charge in [0.2, 0.25) is 0 Å². The van der Waals surface area contributed by atoms with Gasteiger partial charge < -0.3 is 5.32 Å². The Labute approximate surface area is 117 Å². The summed E-state index contributed by atoms with van der Waals surface area (Å²) >= 11 is 1.84. The summed E-state index contributed by atoms with van der Waals surface area (Å²) in [7, 11) is 0. The van der Waals surface area contributed by atoms with Crippen LogP contribution in [0.25, 0.3) is 0 Å². The Morgan fingerprint density at radius 2 is 2.32 bits per heavy atom. The Bertz CT molecular complexity index is 485. The van der Waals surface area contributed by atoms with E-state index in [4.69, 9.17) is 5.26 Å². The van der Waals surface area contributed by atoms with Crippen molar-refractivity contribution < 1.29 is 4.92 Å². The summed E-state index contributed by atoms with van der Waals surface area (Å²) in [5.41, 5.74) is 0.843. The Morgan fingerprint density at radius 1 is 1.58 bits per heavy atom. The maximum atomic E-state index is 10.9. The second-order valence-corrected chi connectivity index (χ2v) is 5.53. The van der Waals surface area contributed by atoms with Gasteiger partial charge >= 0.3 is 0 Å². The Kier molecular flexibility index (Phi) is 6.16. The first-order chi connectivity index (χ1) is 9.08. The van der Waals surface area contributed by atoms with Gasteiger partial charge in [-0.3, -0.25) is 10.1 Å². The van der Waals surface area contributed by atoms with Crippen molar-refractivity contribution in [3.63, 3.8) is 0 Å². The number of nitro benzene ring substituents is 1. The molecule has 6 heteroatoms. The van der Waals surface area contributed by atoms with E-state index in [0.717, 1.165) is 17.9 Å². The van der Waals surface area contributed by atoms with E-state index < -0.39 is 4.92 Å². The van der Waals surface area contributed by atoms with Crippen LogP contribution in [0.3, 0.4) is 0 Å². The first-order valence-corrected chi connectivity index (χ1v) is 7.26. The molecule has 0 aromatic heterocycles. The molecule has 1 aromatic carbocycles. The third-order valence-electron chi connectivity index (χ3n) is 2.62. The van der Waals surface area contributed by atoms with E-state index in [9.17, 15) is 10.1 Å². The Morgan fingerprint density at radius 3 is 2.89 bits per heavy atom. The molecule has 1 unspecified atom stereocenters. The first-order valence-electron chi connectivity index (χ1n) is 6.11. The number of hydrogen-bond acceptors (Lipinski definition) is 5. The highest BCUT2D eigenvalue weighted by Gasteiger charge is 2.15. The number of hydrogen-bond donors (Lipinski definition) is 1. The summed E-state index contributed by atoms with van der Waals surface area (Å²) in [6.07, 6.45) is 0.923. The van der Waals surface area contributed by atoms with Gasteiger partial charge in [0, 0.05) is 12.1 Å². The molecule has 0 saturated carbocycles. The van der Waals surface area contributed by atoms with E-state index in [1.165, 1.54) is 18.2 Å². The van der Waals surface area contributed by atoms with Crippen molar-refractivity contribution in [1.82, 2.24) is 0 Å². The summed E-state index contributed by atoms with van der Waals surface area (Å²) in [6, 6.07) is 6.48. The summed E-state index contributed by atoms with van der Waals surface area (Å²) in [4.78, 5) is 10.5. The van der Waals surface area contributed by atoms with Gasteiger partial charge in [-0.05, 0) is 37.0 Å². The number of rotatable bonds is 7. The fourth-order valence-corrected chi connectivity index (χ4v) is 2.43. The maximum absolute atomic E-state index is 10.9. The molecule has 5 nitrogen and oxygen atoms in total. The van der Waals surface area contributed by atoms with Gasteiger partial charge in [-0.1, -0.05) is 6.92 Å². The number of anilines is 1. The lowest BCUT2D eigenvalue weighted by atomic mass is 10.1. The normalized spacial score (nSPS) is 11.6. The lowest BCUT2D eigenvalue weighted by Crippen LogP contribution is -2.17. The average Bonchev–Trinajstić information content (AvgIpc) is 2.38. The zero-order valence-corrected chi connectivity index (χ0v) is 11.9. The molecule has 0 saturated heterocycles. The summed E-state index contributed by atoms with van der Waals surface area (Å²) in [5.74, 6) is 2.08. The van der Waals surface area contributed by atoms with Crippen LogP contribution in [-0.4, -0.2) is 22.5 Å². The predicted molar refractivity (Wildman–Crippen MR) is 78.5 cm³/mol. The van der Waals surface area contributed by atoms with Crippen LogP contribution in [0.1, 0.15) is 25.8 Å². The number of thioether (sulfide) groups is 1. The summed E-state index contributed by atoms with van der Waals surface area (Å²) < 4.78 is 0. The van der Waals surface area contributed by atoms with Gasteiger partial charge in [-0.25, -0.2) is 0 Å². The molecule has 0 aliphatic rings. The summed E-state index contributed by atoms with van der Waals surface area (Å²) in [6.45, 7) is 4.09. The molecule has 1 atom stereocenters. The maximum Gasteiger partial charge on any atom is 0.292 e. The van der Waals surface area contributed by atoms with Gasteiger partial charge in [-0.15, -0.1) is 0 Å². The molecule has 1 aromatic rings. The van der Waals surface area contributed by atoms with E-state index in [1.807, 2.05) is 24.8 Å². The van der Waals surface area contributed by atoms with Crippen molar-refractivity contribution in [3.8, 4) is 6.07 Å². The molecular formula is C13H17N3O2S. The van der Waals surface area contributed by atoms with Gasteiger partial charge in [0.25, 0.3) is 5.69 Å². The van der Waals surface area contributed by atoms with E-state index in [2.05, 4.69) is 12.2 Å². The SMILES string of the molecule is CCSCCC(C)Nc1cc(C#N)ccc1[N+](=O)[O-]. The fourth-order valence-electron chi connectivity index (χ4n) is 1.62. The van der Waals surface area contributed by atoms with E-state index in [-0.39, 0.29) is 11.7 Å². The van der Waals surface area contributed by atoms with Crippen LogP contribution in [0.5, 0.6) is 0 Å². The van der Waals surface area contributed by atoms with Crippen molar-refractivity contribution in [2.24, 2.45) is 0 Å². The van der Waals surface area contributed by atoms with E-state index >= 15 is 0 Å². The van der Waals surface area contributed by atoms with Crippen LogP contribution in [-0.2, 0) is 0 Å². The zero-order valence-electron chi connectivity index (χ0n) is 11.0. The minimum Gasteiger partial charge on any atom is -0.377 e. The molecule has 1 N–H and O–H groups in total. The molecule has 0 radical (unpaired) electrons. The standard InChI is InChI=1S/C13H17N3O2S/c1-3-19-7-6-10(2)15-12-8-11(9-14)4-5-13(12)16(17)18/h4-5,8,10,15H,3,6-7H2,1-2H3. The van der Waals surface area contributed by atoms with Crippen molar-refractivity contribution in [2.45, 2.75) is 26.3 Å². The molecule has 0 amide bonds. The number of nitrogens with zero attached hydrogens (tertiary/aromatic N) is 2. The molecule has 19 heavy (non-hydrogen) atoms. The number of benzene rings is 1. The molecule has 0 aliphatic heterocycles. The van der Waals surface area contributed by atoms with Crippen LogP contribution in [0.4, 0.5) is 11.4 Å². The molecule has 0 fully saturated rings. The van der Waals surface area contributed by atoms with Crippen LogP contribution in [0.15, 0.2) is 18.2 Å². The van der Waals surface area contributed by atoms with Crippen LogP contribution in [0, 0.1) is 21.4 Å². The molecule has 1 rings (SSSR count). The quantitative estimate of drug-likeness (QED) is 0.470. The monoisotopic (exact) mass is 279 g/mol. The first kappa shape index (κ1) is 15.3. The molecule has 0 bridgehead atoms. The van der Waals surface area contributed by atoms with Crippen molar-refractivity contribution in [1.29, 1.82) is 5.26 Å².